The highest BCUT2D eigenvalue weighted by molar-refractivity contribution is 4.75. The number of hydrogen-bond acceptors (Lipinski definition) is 3. The van der Waals surface area contributed by atoms with Crippen molar-refractivity contribution in [2.24, 2.45) is 0 Å². The summed E-state index contributed by atoms with van der Waals surface area (Å²) in [6.07, 6.45) is 9.91. The van der Waals surface area contributed by atoms with Gasteiger partial charge in [-0.05, 0) is 32.7 Å². The van der Waals surface area contributed by atoms with Crippen LogP contribution in [0.25, 0.3) is 0 Å². The summed E-state index contributed by atoms with van der Waals surface area (Å²) >= 11 is 0. The Labute approximate surface area is 119 Å². The molecule has 1 aliphatic rings. The maximum atomic E-state index is 5.97. The van der Waals surface area contributed by atoms with Crippen LogP contribution in [0.3, 0.4) is 0 Å². The van der Waals surface area contributed by atoms with E-state index in [-0.39, 0.29) is 0 Å². The highest BCUT2D eigenvalue weighted by Crippen LogP contribution is 2.20. The maximum Gasteiger partial charge on any atom is 0.0814 e. The molecule has 3 atom stereocenters. The van der Waals surface area contributed by atoms with Crippen LogP contribution in [-0.4, -0.2) is 38.0 Å². The van der Waals surface area contributed by atoms with E-state index in [1.165, 1.54) is 38.5 Å². The fourth-order valence-corrected chi connectivity index (χ4v) is 2.57. The van der Waals surface area contributed by atoms with Gasteiger partial charge >= 0.3 is 0 Å². The van der Waals surface area contributed by atoms with E-state index in [1.54, 1.807) is 0 Å². The molecule has 1 heterocycles. The lowest BCUT2D eigenvalue weighted by atomic mass is 10.1. The summed E-state index contributed by atoms with van der Waals surface area (Å²) in [4.78, 5) is 0. The lowest BCUT2D eigenvalue weighted by Crippen LogP contribution is -2.28. The smallest absolute Gasteiger partial charge is 0.0814 e. The minimum Gasteiger partial charge on any atom is -0.376 e. The lowest BCUT2D eigenvalue weighted by Gasteiger charge is -2.17. The molecule has 19 heavy (non-hydrogen) atoms. The van der Waals surface area contributed by atoms with Gasteiger partial charge in [0.15, 0.2) is 0 Å². The summed E-state index contributed by atoms with van der Waals surface area (Å²) in [7, 11) is 0. The quantitative estimate of drug-likeness (QED) is 0.583. The average Bonchev–Trinajstić information content (AvgIpc) is 2.87. The van der Waals surface area contributed by atoms with Gasteiger partial charge in [-0.3, -0.25) is 0 Å². The highest BCUT2D eigenvalue weighted by atomic mass is 16.5. The van der Waals surface area contributed by atoms with Crippen molar-refractivity contribution in [1.82, 2.24) is 5.32 Å². The van der Waals surface area contributed by atoms with Gasteiger partial charge in [-0.2, -0.15) is 0 Å². The van der Waals surface area contributed by atoms with Gasteiger partial charge < -0.3 is 14.8 Å². The molecule has 1 fully saturated rings. The molecule has 3 nitrogen and oxygen atoms in total. The standard InChI is InChI=1S/C16H33NO2/c1-4-6-7-8-9-14(3)18-13-16-11-10-15(19-16)12-17-5-2/h14-17H,4-13H2,1-3H3. The molecule has 0 saturated carbocycles. The molecule has 1 saturated heterocycles. The summed E-state index contributed by atoms with van der Waals surface area (Å²) in [5, 5.41) is 3.35. The predicted octanol–water partition coefficient (Wildman–Crippen LogP) is 3.52. The molecule has 3 heteroatoms. The number of rotatable bonds is 11. The molecule has 114 valence electrons. The number of nitrogens with one attached hydrogen (secondary N) is 1. The molecular formula is C16H33NO2. The average molecular weight is 271 g/mol. The Bertz CT molecular complexity index is 211. The van der Waals surface area contributed by atoms with Crippen molar-refractivity contribution in [3.63, 3.8) is 0 Å². The Kier molecular flexibility index (Phi) is 9.48. The van der Waals surface area contributed by atoms with Gasteiger partial charge in [0.1, 0.15) is 0 Å². The summed E-state index contributed by atoms with van der Waals surface area (Å²) in [6.45, 7) is 9.36. The molecular weight excluding hydrogens is 238 g/mol. The van der Waals surface area contributed by atoms with E-state index in [2.05, 4.69) is 26.1 Å². The summed E-state index contributed by atoms with van der Waals surface area (Å²) in [5.41, 5.74) is 0. The van der Waals surface area contributed by atoms with Gasteiger partial charge in [-0.25, -0.2) is 0 Å². The zero-order chi connectivity index (χ0) is 13.9. The molecule has 3 unspecified atom stereocenters. The number of unbranched alkanes of at least 4 members (excludes halogenated alkanes) is 3. The van der Waals surface area contributed by atoms with E-state index in [0.717, 1.165) is 26.1 Å². The molecule has 1 rings (SSSR count). The summed E-state index contributed by atoms with van der Waals surface area (Å²) in [5.74, 6) is 0. The summed E-state index contributed by atoms with van der Waals surface area (Å²) < 4.78 is 11.9. The van der Waals surface area contributed by atoms with Crippen molar-refractivity contribution in [3.05, 3.63) is 0 Å². The maximum absolute atomic E-state index is 5.97. The van der Waals surface area contributed by atoms with E-state index >= 15 is 0 Å². The van der Waals surface area contributed by atoms with Crippen LogP contribution in [-0.2, 0) is 9.47 Å². The van der Waals surface area contributed by atoms with E-state index in [4.69, 9.17) is 9.47 Å². The number of hydrogen-bond donors (Lipinski definition) is 1. The lowest BCUT2D eigenvalue weighted by molar-refractivity contribution is -0.0383. The molecule has 0 aliphatic carbocycles. The van der Waals surface area contributed by atoms with Crippen molar-refractivity contribution < 1.29 is 9.47 Å². The summed E-state index contributed by atoms with van der Waals surface area (Å²) in [6, 6.07) is 0. The van der Waals surface area contributed by atoms with Gasteiger partial charge in [0.05, 0.1) is 24.9 Å². The first kappa shape index (κ1) is 16.9. The zero-order valence-electron chi connectivity index (χ0n) is 13.1. The van der Waals surface area contributed by atoms with Crippen LogP contribution < -0.4 is 5.32 Å². The Morgan fingerprint density at radius 1 is 1.16 bits per heavy atom. The van der Waals surface area contributed by atoms with Gasteiger partial charge in [-0.15, -0.1) is 0 Å². The SMILES string of the molecule is CCCCCCC(C)OCC1CCC(CNCC)O1. The third-order valence-corrected chi connectivity index (χ3v) is 3.85. The van der Waals surface area contributed by atoms with Crippen LogP contribution >= 0.6 is 0 Å². The molecule has 0 spiro atoms. The Balaban J connectivity index is 2.00. The second kappa shape index (κ2) is 10.6. The first-order valence-corrected chi connectivity index (χ1v) is 8.24. The second-order valence-electron chi connectivity index (χ2n) is 5.76. The van der Waals surface area contributed by atoms with Crippen molar-refractivity contribution in [3.8, 4) is 0 Å². The van der Waals surface area contributed by atoms with E-state index in [9.17, 15) is 0 Å². The third kappa shape index (κ3) is 7.91. The Morgan fingerprint density at radius 3 is 2.68 bits per heavy atom. The van der Waals surface area contributed by atoms with Crippen molar-refractivity contribution >= 4 is 0 Å². The monoisotopic (exact) mass is 271 g/mol. The van der Waals surface area contributed by atoms with Gasteiger partial charge in [0.25, 0.3) is 0 Å². The van der Waals surface area contributed by atoms with Gasteiger partial charge in [-0.1, -0.05) is 39.5 Å². The predicted molar refractivity (Wildman–Crippen MR) is 80.6 cm³/mol. The van der Waals surface area contributed by atoms with Crippen LogP contribution in [0.2, 0.25) is 0 Å². The van der Waals surface area contributed by atoms with Crippen molar-refractivity contribution in [2.45, 2.75) is 84.0 Å². The number of likely N-dealkylation sites (N-methyl/N-ethyl adjacent to an activating group) is 1. The Hall–Kier alpha value is -0.120. The normalized spacial score (nSPS) is 24.8. The Morgan fingerprint density at radius 2 is 1.95 bits per heavy atom. The van der Waals surface area contributed by atoms with Crippen molar-refractivity contribution in [1.29, 1.82) is 0 Å². The minimum absolute atomic E-state index is 0.321. The molecule has 1 aliphatic heterocycles. The van der Waals surface area contributed by atoms with E-state index in [0.29, 0.717) is 18.3 Å². The van der Waals surface area contributed by atoms with E-state index < -0.39 is 0 Å². The molecule has 0 bridgehead atoms. The fraction of sp³-hybridized carbons (Fsp3) is 1.00. The van der Waals surface area contributed by atoms with Gasteiger partial charge in [0.2, 0.25) is 0 Å². The number of ether oxygens (including phenoxy) is 2. The van der Waals surface area contributed by atoms with Crippen molar-refractivity contribution in [2.75, 3.05) is 19.7 Å². The molecule has 1 N–H and O–H groups in total. The van der Waals surface area contributed by atoms with Crippen LogP contribution in [0, 0.1) is 0 Å². The van der Waals surface area contributed by atoms with Crippen LogP contribution in [0.4, 0.5) is 0 Å². The molecule has 0 aromatic rings. The largest absolute Gasteiger partial charge is 0.376 e. The van der Waals surface area contributed by atoms with Crippen LogP contribution in [0.5, 0.6) is 0 Å². The molecule has 0 aromatic heterocycles. The first-order valence-electron chi connectivity index (χ1n) is 8.24. The highest BCUT2D eigenvalue weighted by Gasteiger charge is 2.25. The zero-order valence-corrected chi connectivity index (χ0v) is 13.1. The second-order valence-corrected chi connectivity index (χ2v) is 5.76. The van der Waals surface area contributed by atoms with Gasteiger partial charge in [0, 0.05) is 6.54 Å². The van der Waals surface area contributed by atoms with Crippen LogP contribution in [0.15, 0.2) is 0 Å². The van der Waals surface area contributed by atoms with E-state index in [1.807, 2.05) is 0 Å². The fourth-order valence-electron chi connectivity index (χ4n) is 2.57. The first-order chi connectivity index (χ1) is 9.26. The molecule has 0 radical (unpaired) electrons. The molecule has 0 amide bonds. The third-order valence-electron chi connectivity index (χ3n) is 3.85. The van der Waals surface area contributed by atoms with Crippen LogP contribution in [0.1, 0.15) is 65.7 Å². The topological polar surface area (TPSA) is 30.5 Å². The molecule has 0 aromatic carbocycles. The minimum atomic E-state index is 0.321.